The van der Waals surface area contributed by atoms with Crippen LogP contribution in [0.2, 0.25) is 0 Å². The van der Waals surface area contributed by atoms with Gasteiger partial charge in [0.25, 0.3) is 0 Å². The quantitative estimate of drug-likeness (QED) is 0.838. The third-order valence-corrected chi connectivity index (χ3v) is 4.92. The first-order valence-electron chi connectivity index (χ1n) is 6.36. The maximum atomic E-state index is 11.9. The van der Waals surface area contributed by atoms with Crippen LogP contribution in [0.1, 0.15) is 33.1 Å². The Kier molecular flexibility index (Phi) is 3.97. The molecule has 17 heavy (non-hydrogen) atoms. The highest BCUT2D eigenvalue weighted by Crippen LogP contribution is 2.34. The molecule has 2 aliphatic rings. The van der Waals surface area contributed by atoms with E-state index >= 15 is 0 Å². The summed E-state index contributed by atoms with van der Waals surface area (Å²) in [5.41, 5.74) is 0. The average Bonchev–Trinajstić information content (AvgIpc) is 2.72. The molecule has 1 heterocycles. The second-order valence-corrected chi connectivity index (χ2v) is 6.36. The van der Waals surface area contributed by atoms with Gasteiger partial charge in [0.1, 0.15) is 0 Å². The van der Waals surface area contributed by atoms with E-state index < -0.39 is 0 Å². The van der Waals surface area contributed by atoms with E-state index in [1.807, 2.05) is 23.6 Å². The van der Waals surface area contributed by atoms with Crippen LogP contribution in [0, 0.1) is 5.92 Å². The first-order valence-corrected chi connectivity index (χ1v) is 7.41. The lowest BCUT2D eigenvalue weighted by Gasteiger charge is -2.37. The lowest BCUT2D eigenvalue weighted by Crippen LogP contribution is -2.58. The zero-order valence-corrected chi connectivity index (χ0v) is 11.3. The standard InChI is InChI=1S/C12H20N2O2S/c1-3-17-10-6-4-5-9(10)14-7-8(2)11(15)13-12(14)16/h8-10H,3-7H2,1-2H3,(H,13,15,16). The fraction of sp³-hybridized carbons (Fsp3) is 0.833. The van der Waals surface area contributed by atoms with Gasteiger partial charge in [-0.3, -0.25) is 10.1 Å². The first kappa shape index (κ1) is 12.7. The van der Waals surface area contributed by atoms with Crippen LogP contribution in [0.3, 0.4) is 0 Å². The van der Waals surface area contributed by atoms with Crippen molar-refractivity contribution in [2.24, 2.45) is 5.92 Å². The minimum atomic E-state index is -0.193. The van der Waals surface area contributed by atoms with E-state index in [0.717, 1.165) is 12.2 Å². The molecule has 4 nitrogen and oxygen atoms in total. The lowest BCUT2D eigenvalue weighted by atomic mass is 10.1. The van der Waals surface area contributed by atoms with Gasteiger partial charge in [-0.05, 0) is 18.6 Å². The molecular weight excluding hydrogens is 236 g/mol. The Morgan fingerprint density at radius 2 is 2.18 bits per heavy atom. The second kappa shape index (κ2) is 5.29. The summed E-state index contributed by atoms with van der Waals surface area (Å²) in [5, 5.41) is 3.00. The Bertz CT molecular complexity index is 322. The summed E-state index contributed by atoms with van der Waals surface area (Å²) in [5.74, 6) is 0.870. The maximum Gasteiger partial charge on any atom is 0.324 e. The molecule has 0 aromatic rings. The van der Waals surface area contributed by atoms with Gasteiger partial charge in [0.15, 0.2) is 0 Å². The molecule has 1 aliphatic heterocycles. The third-order valence-electron chi connectivity index (χ3n) is 3.61. The van der Waals surface area contributed by atoms with Gasteiger partial charge < -0.3 is 4.90 Å². The number of nitrogens with one attached hydrogen (secondary N) is 1. The number of carbonyl (C=O) groups is 2. The van der Waals surface area contributed by atoms with Gasteiger partial charge in [0.05, 0.1) is 5.92 Å². The van der Waals surface area contributed by atoms with Crippen LogP contribution in [-0.2, 0) is 4.79 Å². The molecule has 1 saturated carbocycles. The molecule has 96 valence electrons. The molecule has 2 fully saturated rings. The van der Waals surface area contributed by atoms with Crippen LogP contribution in [0.5, 0.6) is 0 Å². The fourth-order valence-electron chi connectivity index (χ4n) is 2.72. The van der Waals surface area contributed by atoms with Crippen LogP contribution in [-0.4, -0.2) is 40.4 Å². The Morgan fingerprint density at radius 1 is 1.41 bits per heavy atom. The first-order chi connectivity index (χ1) is 8.13. The van der Waals surface area contributed by atoms with E-state index in [1.165, 1.54) is 12.8 Å². The summed E-state index contributed by atoms with van der Waals surface area (Å²) in [7, 11) is 0. The van der Waals surface area contributed by atoms with Crippen molar-refractivity contribution < 1.29 is 9.59 Å². The molecule has 3 amide bonds. The highest BCUT2D eigenvalue weighted by Gasteiger charge is 2.39. The highest BCUT2D eigenvalue weighted by atomic mass is 32.2. The second-order valence-electron chi connectivity index (χ2n) is 4.84. The topological polar surface area (TPSA) is 49.4 Å². The van der Waals surface area contributed by atoms with Crippen molar-refractivity contribution in [3.05, 3.63) is 0 Å². The number of hydrogen-bond donors (Lipinski definition) is 1. The number of rotatable bonds is 3. The molecule has 0 radical (unpaired) electrons. The van der Waals surface area contributed by atoms with E-state index in [4.69, 9.17) is 0 Å². The molecular formula is C12H20N2O2S. The number of nitrogens with zero attached hydrogens (tertiary/aromatic N) is 1. The van der Waals surface area contributed by atoms with E-state index in [2.05, 4.69) is 12.2 Å². The number of imide groups is 1. The van der Waals surface area contributed by atoms with Crippen LogP contribution in [0.25, 0.3) is 0 Å². The summed E-state index contributed by atoms with van der Waals surface area (Å²) >= 11 is 1.94. The SMILES string of the molecule is CCSC1CCCC1N1CC(C)C(=O)NC1=O. The number of amides is 3. The summed E-state index contributed by atoms with van der Waals surface area (Å²) in [6.45, 7) is 4.62. The largest absolute Gasteiger partial charge is 0.324 e. The van der Waals surface area contributed by atoms with Gasteiger partial charge in [-0.15, -0.1) is 0 Å². The molecule has 0 spiro atoms. The third kappa shape index (κ3) is 2.59. The summed E-state index contributed by atoms with van der Waals surface area (Å²) in [6, 6.07) is 0.122. The molecule has 3 atom stereocenters. The Labute approximate surface area is 106 Å². The predicted octanol–water partition coefficient (Wildman–Crippen LogP) is 1.85. The summed E-state index contributed by atoms with van der Waals surface area (Å²) in [6.07, 6.45) is 3.45. The maximum absolute atomic E-state index is 11.9. The molecule has 0 bridgehead atoms. The van der Waals surface area contributed by atoms with Gasteiger partial charge in [-0.1, -0.05) is 20.3 Å². The summed E-state index contributed by atoms with van der Waals surface area (Å²) < 4.78 is 0. The van der Waals surface area contributed by atoms with Crippen molar-refractivity contribution in [3.8, 4) is 0 Å². The zero-order valence-electron chi connectivity index (χ0n) is 10.4. The molecule has 1 N–H and O–H groups in total. The molecule has 2 rings (SSSR count). The fourth-order valence-corrected chi connectivity index (χ4v) is 3.99. The number of carbonyl (C=O) groups excluding carboxylic acids is 2. The van der Waals surface area contributed by atoms with Gasteiger partial charge in [-0.2, -0.15) is 11.8 Å². The van der Waals surface area contributed by atoms with Crippen LogP contribution in [0.15, 0.2) is 0 Å². The molecule has 0 aromatic carbocycles. The van der Waals surface area contributed by atoms with Crippen molar-refractivity contribution >= 4 is 23.7 Å². The normalized spacial score (nSPS) is 34.0. The highest BCUT2D eigenvalue weighted by molar-refractivity contribution is 7.99. The smallest absolute Gasteiger partial charge is 0.320 e. The van der Waals surface area contributed by atoms with E-state index in [-0.39, 0.29) is 17.9 Å². The van der Waals surface area contributed by atoms with Crippen molar-refractivity contribution in [2.75, 3.05) is 12.3 Å². The summed E-state index contributed by atoms with van der Waals surface area (Å²) in [4.78, 5) is 25.2. The predicted molar refractivity (Wildman–Crippen MR) is 69.0 cm³/mol. The van der Waals surface area contributed by atoms with Gasteiger partial charge in [0.2, 0.25) is 5.91 Å². The number of hydrogen-bond acceptors (Lipinski definition) is 3. The van der Waals surface area contributed by atoms with Crippen molar-refractivity contribution in [3.63, 3.8) is 0 Å². The van der Waals surface area contributed by atoms with Crippen LogP contribution in [0.4, 0.5) is 4.79 Å². The van der Waals surface area contributed by atoms with Crippen molar-refractivity contribution in [1.29, 1.82) is 0 Å². The van der Waals surface area contributed by atoms with Crippen LogP contribution >= 0.6 is 11.8 Å². The molecule has 5 heteroatoms. The molecule has 1 aliphatic carbocycles. The molecule has 0 aromatic heterocycles. The van der Waals surface area contributed by atoms with Gasteiger partial charge in [0, 0.05) is 17.8 Å². The average molecular weight is 256 g/mol. The number of urea groups is 1. The van der Waals surface area contributed by atoms with E-state index in [1.54, 1.807) is 0 Å². The molecule has 3 unspecified atom stereocenters. The van der Waals surface area contributed by atoms with Crippen LogP contribution < -0.4 is 5.32 Å². The van der Waals surface area contributed by atoms with Crippen molar-refractivity contribution in [2.45, 2.75) is 44.4 Å². The van der Waals surface area contributed by atoms with Crippen molar-refractivity contribution in [1.82, 2.24) is 10.2 Å². The Hall–Kier alpha value is -0.710. The Morgan fingerprint density at radius 3 is 2.88 bits per heavy atom. The van der Waals surface area contributed by atoms with Gasteiger partial charge >= 0.3 is 6.03 Å². The zero-order chi connectivity index (χ0) is 12.4. The lowest BCUT2D eigenvalue weighted by molar-refractivity contribution is -0.125. The number of thioether (sulfide) groups is 1. The minimum absolute atomic E-state index is 0.0828. The molecule has 1 saturated heterocycles. The minimum Gasteiger partial charge on any atom is -0.320 e. The Balaban J connectivity index is 2.05. The van der Waals surface area contributed by atoms with E-state index in [9.17, 15) is 9.59 Å². The monoisotopic (exact) mass is 256 g/mol. The van der Waals surface area contributed by atoms with Gasteiger partial charge in [-0.25, -0.2) is 4.79 Å². The van der Waals surface area contributed by atoms with E-state index in [0.29, 0.717) is 17.8 Å².